The molecule has 3 rings (SSSR count). The molecule has 7 nitrogen and oxygen atoms in total. The van der Waals surface area contributed by atoms with Crippen molar-refractivity contribution in [3.63, 3.8) is 0 Å². The normalized spacial score (nSPS) is 12.1. The summed E-state index contributed by atoms with van der Waals surface area (Å²) >= 11 is 6.17. The Morgan fingerprint density at radius 1 is 0.923 bits per heavy atom. The molecule has 0 saturated heterocycles. The van der Waals surface area contributed by atoms with Gasteiger partial charge in [-0.1, -0.05) is 66.0 Å². The van der Waals surface area contributed by atoms with Gasteiger partial charge in [-0.3, -0.25) is 13.9 Å². The lowest BCUT2D eigenvalue weighted by Crippen LogP contribution is -2.52. The van der Waals surface area contributed by atoms with Gasteiger partial charge in [-0.25, -0.2) is 8.42 Å². The average molecular weight is 570 g/mol. The van der Waals surface area contributed by atoms with Crippen LogP contribution in [-0.4, -0.2) is 44.3 Å². The molecule has 39 heavy (non-hydrogen) atoms. The molecule has 3 aromatic carbocycles. The van der Waals surface area contributed by atoms with E-state index in [-0.39, 0.29) is 17.3 Å². The molecule has 0 aliphatic rings. The Morgan fingerprint density at radius 2 is 1.62 bits per heavy atom. The number of hydrogen-bond donors (Lipinski definition) is 1. The maximum atomic E-state index is 14.0. The third kappa shape index (κ3) is 7.40. The molecule has 0 fully saturated rings. The maximum Gasteiger partial charge on any atom is 0.264 e. The van der Waals surface area contributed by atoms with E-state index < -0.39 is 28.5 Å². The monoisotopic (exact) mass is 569 g/mol. The van der Waals surface area contributed by atoms with E-state index >= 15 is 0 Å². The second-order valence-corrected chi connectivity index (χ2v) is 11.9. The Balaban J connectivity index is 2.10. The zero-order valence-corrected chi connectivity index (χ0v) is 24.6. The summed E-state index contributed by atoms with van der Waals surface area (Å²) in [5, 5.41) is 3.27. The van der Waals surface area contributed by atoms with Gasteiger partial charge in [0, 0.05) is 18.1 Å². The van der Waals surface area contributed by atoms with Crippen LogP contribution in [0, 0.1) is 20.8 Å². The predicted molar refractivity (Wildman–Crippen MR) is 156 cm³/mol. The number of nitrogens with one attached hydrogen (secondary N) is 1. The Morgan fingerprint density at radius 3 is 2.21 bits per heavy atom. The molecule has 0 aromatic heterocycles. The summed E-state index contributed by atoms with van der Waals surface area (Å²) in [4.78, 5) is 28.6. The highest BCUT2D eigenvalue weighted by Crippen LogP contribution is 2.29. The van der Waals surface area contributed by atoms with E-state index in [2.05, 4.69) is 5.32 Å². The number of benzene rings is 3. The van der Waals surface area contributed by atoms with Crippen molar-refractivity contribution in [3.8, 4) is 0 Å². The molecule has 2 amide bonds. The Labute approximate surface area is 236 Å². The quantitative estimate of drug-likeness (QED) is 0.335. The van der Waals surface area contributed by atoms with E-state index in [0.29, 0.717) is 29.2 Å². The minimum atomic E-state index is -4.14. The van der Waals surface area contributed by atoms with Gasteiger partial charge in [0.1, 0.15) is 12.6 Å². The largest absolute Gasteiger partial charge is 0.355 e. The molecule has 0 aliphatic heterocycles. The van der Waals surface area contributed by atoms with Gasteiger partial charge >= 0.3 is 0 Å². The lowest BCUT2D eigenvalue weighted by Gasteiger charge is -2.33. The van der Waals surface area contributed by atoms with Crippen LogP contribution in [0.5, 0.6) is 0 Å². The Bertz CT molecular complexity index is 1420. The van der Waals surface area contributed by atoms with E-state index in [1.54, 1.807) is 37.3 Å². The van der Waals surface area contributed by atoms with Crippen molar-refractivity contribution in [1.82, 2.24) is 10.2 Å². The standard InChI is InChI=1S/C30H36ClN3O4S/c1-6-27(30(36)32-7-2)33(19-24-10-8-9-22(4)17-24)29(35)20-34(28-16-13-25(31)18-23(28)5)39(37,38)26-14-11-21(3)12-15-26/h8-18,27H,6-7,19-20H2,1-5H3,(H,32,36). The van der Waals surface area contributed by atoms with Crippen molar-refractivity contribution in [2.24, 2.45) is 0 Å². The van der Waals surface area contributed by atoms with Crippen molar-refractivity contribution in [2.45, 2.75) is 58.5 Å². The fraction of sp³-hybridized carbons (Fsp3) is 0.333. The van der Waals surface area contributed by atoms with Crippen LogP contribution in [0.1, 0.15) is 42.5 Å². The first-order chi connectivity index (χ1) is 18.5. The molecule has 0 heterocycles. The zero-order chi connectivity index (χ0) is 28.7. The number of carbonyl (C=O) groups is 2. The second-order valence-electron chi connectivity index (χ2n) is 9.58. The van der Waals surface area contributed by atoms with Crippen LogP contribution in [0.4, 0.5) is 5.69 Å². The smallest absolute Gasteiger partial charge is 0.264 e. The third-order valence-corrected chi connectivity index (χ3v) is 8.50. The molecular formula is C30H36ClN3O4S. The summed E-state index contributed by atoms with van der Waals surface area (Å²) in [5.74, 6) is -0.767. The van der Waals surface area contributed by atoms with Crippen LogP contribution in [0.3, 0.4) is 0 Å². The topological polar surface area (TPSA) is 86.8 Å². The average Bonchev–Trinajstić information content (AvgIpc) is 2.88. The van der Waals surface area contributed by atoms with E-state index in [9.17, 15) is 18.0 Å². The highest BCUT2D eigenvalue weighted by atomic mass is 35.5. The van der Waals surface area contributed by atoms with Gasteiger partial charge in [0.25, 0.3) is 10.0 Å². The summed E-state index contributed by atoms with van der Waals surface area (Å²) < 4.78 is 29.0. The van der Waals surface area contributed by atoms with Crippen LogP contribution in [0.25, 0.3) is 0 Å². The molecule has 208 valence electrons. The lowest BCUT2D eigenvalue weighted by atomic mass is 10.1. The minimum absolute atomic E-state index is 0.0660. The summed E-state index contributed by atoms with van der Waals surface area (Å²) in [7, 11) is -4.14. The molecule has 0 aliphatic carbocycles. The van der Waals surface area contributed by atoms with Gasteiger partial charge in [-0.05, 0) is 75.6 Å². The summed E-state index contributed by atoms with van der Waals surface area (Å²) in [6.45, 7) is 9.31. The molecule has 0 spiro atoms. The molecule has 9 heteroatoms. The highest BCUT2D eigenvalue weighted by molar-refractivity contribution is 7.92. The lowest BCUT2D eigenvalue weighted by molar-refractivity contribution is -0.140. The Hall–Kier alpha value is -3.36. The second kappa shape index (κ2) is 13.1. The van der Waals surface area contributed by atoms with E-state index in [0.717, 1.165) is 21.0 Å². The number of carbonyl (C=O) groups excluding carboxylic acids is 2. The van der Waals surface area contributed by atoms with Gasteiger partial charge in [-0.2, -0.15) is 0 Å². The van der Waals surface area contributed by atoms with Crippen molar-refractivity contribution in [1.29, 1.82) is 0 Å². The number of sulfonamides is 1. The van der Waals surface area contributed by atoms with Crippen molar-refractivity contribution in [2.75, 3.05) is 17.4 Å². The first-order valence-corrected chi connectivity index (χ1v) is 14.8. The number of amides is 2. The van der Waals surface area contributed by atoms with Crippen molar-refractivity contribution >= 4 is 39.1 Å². The number of rotatable bonds is 11. The van der Waals surface area contributed by atoms with Gasteiger partial charge < -0.3 is 10.2 Å². The maximum absolute atomic E-state index is 14.0. The van der Waals surface area contributed by atoms with Crippen LogP contribution < -0.4 is 9.62 Å². The summed E-state index contributed by atoms with van der Waals surface area (Å²) in [6.07, 6.45) is 0.369. The number of aryl methyl sites for hydroxylation is 3. The molecule has 0 bridgehead atoms. The molecular weight excluding hydrogens is 534 g/mol. The number of anilines is 1. The first kappa shape index (κ1) is 30.2. The fourth-order valence-corrected chi connectivity index (χ4v) is 6.17. The van der Waals surface area contributed by atoms with Crippen LogP contribution in [-0.2, 0) is 26.2 Å². The van der Waals surface area contributed by atoms with Gasteiger partial charge in [-0.15, -0.1) is 0 Å². The first-order valence-electron chi connectivity index (χ1n) is 13.0. The van der Waals surface area contributed by atoms with Crippen LogP contribution in [0.15, 0.2) is 71.6 Å². The SMILES string of the molecule is CCNC(=O)C(CC)N(Cc1cccc(C)c1)C(=O)CN(c1ccc(Cl)cc1C)S(=O)(=O)c1ccc(C)cc1. The van der Waals surface area contributed by atoms with Crippen molar-refractivity contribution in [3.05, 3.63) is 94.0 Å². The number of halogens is 1. The molecule has 0 radical (unpaired) electrons. The molecule has 1 atom stereocenters. The van der Waals surface area contributed by atoms with E-state index in [1.165, 1.54) is 17.0 Å². The number of nitrogens with zero attached hydrogens (tertiary/aromatic N) is 2. The number of hydrogen-bond acceptors (Lipinski definition) is 4. The number of likely N-dealkylation sites (N-methyl/N-ethyl adjacent to an activating group) is 1. The molecule has 3 aromatic rings. The van der Waals surface area contributed by atoms with Crippen LogP contribution in [0.2, 0.25) is 5.02 Å². The molecule has 0 saturated carbocycles. The van der Waals surface area contributed by atoms with Gasteiger partial charge in [0.05, 0.1) is 10.6 Å². The zero-order valence-electron chi connectivity index (χ0n) is 23.1. The fourth-order valence-electron chi connectivity index (χ4n) is 4.47. The molecule has 1 unspecified atom stereocenters. The summed E-state index contributed by atoms with van der Waals surface area (Å²) in [5.41, 5.74) is 3.73. The Kier molecular flexibility index (Phi) is 10.2. The van der Waals surface area contributed by atoms with E-state index in [4.69, 9.17) is 11.6 Å². The third-order valence-electron chi connectivity index (χ3n) is 6.49. The molecule has 1 N–H and O–H groups in total. The van der Waals surface area contributed by atoms with Gasteiger partial charge in [0.15, 0.2) is 0 Å². The predicted octanol–water partition coefficient (Wildman–Crippen LogP) is 5.40. The summed E-state index contributed by atoms with van der Waals surface area (Å²) in [6, 6.07) is 18.3. The van der Waals surface area contributed by atoms with Crippen molar-refractivity contribution < 1.29 is 18.0 Å². The van der Waals surface area contributed by atoms with Gasteiger partial charge in [0.2, 0.25) is 11.8 Å². The minimum Gasteiger partial charge on any atom is -0.355 e. The van der Waals surface area contributed by atoms with Crippen LogP contribution >= 0.6 is 11.6 Å². The van der Waals surface area contributed by atoms with E-state index in [1.807, 2.05) is 52.0 Å². The highest BCUT2D eigenvalue weighted by Gasteiger charge is 2.34.